The van der Waals surface area contributed by atoms with Gasteiger partial charge in [0.15, 0.2) is 0 Å². The molecule has 4 nitrogen and oxygen atoms in total. The quantitative estimate of drug-likeness (QED) is 0.597. The first-order valence-corrected chi connectivity index (χ1v) is 10.4. The third kappa shape index (κ3) is 1.99. The normalized spacial score (nSPS) is 25.0. The number of amides is 1. The second-order valence-corrected chi connectivity index (χ2v) is 8.42. The number of anilines is 1. The van der Waals surface area contributed by atoms with E-state index in [1.807, 2.05) is 0 Å². The fourth-order valence-electron chi connectivity index (χ4n) is 5.81. The standard InChI is InChI=1S/C25H20N2O2/c28-25-24-18(12-26-25)16-11-17-22(14-6-1-2-7-15(14)23(17)24)20-9-10-21(29-20)27-19-8-4-3-5-13(16)19/h1-8,11,20-22,27H,9-10,12H2,(H,26,28). The molecule has 3 aliphatic heterocycles. The largest absolute Gasteiger partial charge is 0.360 e. The smallest absolute Gasteiger partial charge is 0.252 e. The van der Waals surface area contributed by atoms with Crippen LogP contribution in [0.25, 0.3) is 22.3 Å². The maximum absolute atomic E-state index is 13.0. The lowest BCUT2D eigenvalue weighted by atomic mass is 9.85. The van der Waals surface area contributed by atoms with E-state index in [1.165, 1.54) is 22.3 Å². The Labute approximate surface area is 168 Å². The van der Waals surface area contributed by atoms with Gasteiger partial charge < -0.3 is 15.4 Å². The van der Waals surface area contributed by atoms with Crippen molar-refractivity contribution in [2.45, 2.75) is 37.6 Å². The van der Waals surface area contributed by atoms with Gasteiger partial charge in [-0.3, -0.25) is 4.79 Å². The molecule has 7 rings (SSSR count). The van der Waals surface area contributed by atoms with Gasteiger partial charge in [-0.1, -0.05) is 42.5 Å². The third-order valence-electron chi connectivity index (χ3n) is 6.98. The van der Waals surface area contributed by atoms with Crippen LogP contribution in [0.3, 0.4) is 0 Å². The predicted octanol–water partition coefficient (Wildman–Crippen LogP) is 4.64. The molecule has 0 aromatic heterocycles. The van der Waals surface area contributed by atoms with E-state index in [0.717, 1.165) is 40.8 Å². The summed E-state index contributed by atoms with van der Waals surface area (Å²) in [5, 5.41) is 6.71. The molecule has 4 aliphatic rings. The average Bonchev–Trinajstić information content (AvgIpc) is 3.43. The highest BCUT2D eigenvalue weighted by atomic mass is 16.5. The number of carbonyl (C=O) groups excluding carboxylic acids is 1. The Morgan fingerprint density at radius 1 is 0.862 bits per heavy atom. The van der Waals surface area contributed by atoms with Crippen LogP contribution in [0.4, 0.5) is 5.69 Å². The van der Waals surface area contributed by atoms with Crippen LogP contribution in [-0.2, 0) is 11.3 Å². The number of hydrogen-bond donors (Lipinski definition) is 2. The number of para-hydroxylation sites is 1. The molecular weight excluding hydrogens is 360 g/mol. The molecule has 0 radical (unpaired) electrons. The van der Waals surface area contributed by atoms with Crippen molar-refractivity contribution in [3.05, 3.63) is 76.9 Å². The van der Waals surface area contributed by atoms with Crippen LogP contribution in [0.2, 0.25) is 0 Å². The third-order valence-corrected chi connectivity index (χ3v) is 6.98. The monoisotopic (exact) mass is 380 g/mol. The molecule has 3 aromatic carbocycles. The van der Waals surface area contributed by atoms with E-state index >= 15 is 0 Å². The molecule has 1 saturated heterocycles. The van der Waals surface area contributed by atoms with E-state index in [4.69, 9.17) is 4.74 Å². The molecule has 1 amide bonds. The van der Waals surface area contributed by atoms with E-state index in [9.17, 15) is 4.79 Å². The predicted molar refractivity (Wildman–Crippen MR) is 112 cm³/mol. The van der Waals surface area contributed by atoms with Gasteiger partial charge in [-0.15, -0.1) is 0 Å². The van der Waals surface area contributed by atoms with Gasteiger partial charge in [-0.2, -0.15) is 0 Å². The Kier molecular flexibility index (Phi) is 2.98. The highest BCUT2D eigenvalue weighted by Crippen LogP contribution is 2.54. The van der Waals surface area contributed by atoms with E-state index in [-0.39, 0.29) is 24.2 Å². The summed E-state index contributed by atoms with van der Waals surface area (Å²) >= 11 is 0. The molecule has 3 heterocycles. The first-order valence-electron chi connectivity index (χ1n) is 10.4. The van der Waals surface area contributed by atoms with Crippen LogP contribution in [-0.4, -0.2) is 18.2 Å². The molecule has 4 heteroatoms. The van der Waals surface area contributed by atoms with Gasteiger partial charge in [0.05, 0.1) is 11.7 Å². The van der Waals surface area contributed by atoms with Crippen LogP contribution in [0, 0.1) is 0 Å². The molecule has 2 N–H and O–H groups in total. The summed E-state index contributed by atoms with van der Waals surface area (Å²) in [5.74, 6) is 0.219. The minimum Gasteiger partial charge on any atom is -0.360 e. The summed E-state index contributed by atoms with van der Waals surface area (Å²) in [5.41, 5.74) is 10.2. The van der Waals surface area contributed by atoms with Gasteiger partial charge in [0.25, 0.3) is 5.91 Å². The second-order valence-electron chi connectivity index (χ2n) is 8.42. The fourth-order valence-corrected chi connectivity index (χ4v) is 5.81. The summed E-state index contributed by atoms with van der Waals surface area (Å²) in [6.45, 7) is 0.585. The Morgan fingerprint density at radius 3 is 2.62 bits per heavy atom. The Hall–Kier alpha value is -3.11. The number of hydrogen-bond acceptors (Lipinski definition) is 3. The lowest BCUT2D eigenvalue weighted by molar-refractivity contribution is 0.0517. The molecule has 1 aliphatic carbocycles. The Morgan fingerprint density at radius 2 is 1.69 bits per heavy atom. The van der Waals surface area contributed by atoms with Crippen LogP contribution in [0.1, 0.15) is 45.8 Å². The molecule has 0 spiro atoms. The van der Waals surface area contributed by atoms with Crippen LogP contribution in [0.15, 0.2) is 54.6 Å². The molecule has 1 fully saturated rings. The van der Waals surface area contributed by atoms with Gasteiger partial charge in [0.1, 0.15) is 6.23 Å². The lowest BCUT2D eigenvalue weighted by Crippen LogP contribution is -2.24. The van der Waals surface area contributed by atoms with Gasteiger partial charge in [0, 0.05) is 23.7 Å². The second kappa shape index (κ2) is 5.49. The van der Waals surface area contributed by atoms with E-state index in [2.05, 4.69) is 65.2 Å². The van der Waals surface area contributed by atoms with Crippen molar-refractivity contribution in [2.75, 3.05) is 5.32 Å². The molecule has 3 atom stereocenters. The van der Waals surface area contributed by atoms with Gasteiger partial charge in [-0.25, -0.2) is 0 Å². The van der Waals surface area contributed by atoms with Crippen LogP contribution in [0.5, 0.6) is 0 Å². The maximum atomic E-state index is 13.0. The zero-order chi connectivity index (χ0) is 19.1. The number of rotatable bonds is 0. The van der Waals surface area contributed by atoms with E-state index in [0.29, 0.717) is 6.54 Å². The van der Waals surface area contributed by atoms with Crippen molar-refractivity contribution in [3.8, 4) is 22.3 Å². The molecule has 29 heavy (non-hydrogen) atoms. The minimum atomic E-state index is 0.0224. The van der Waals surface area contributed by atoms with Crippen molar-refractivity contribution in [2.24, 2.45) is 0 Å². The highest BCUT2D eigenvalue weighted by Gasteiger charge is 2.43. The van der Waals surface area contributed by atoms with Crippen molar-refractivity contribution in [3.63, 3.8) is 0 Å². The van der Waals surface area contributed by atoms with Crippen LogP contribution >= 0.6 is 0 Å². The fraction of sp³-hybridized carbons (Fsp3) is 0.240. The van der Waals surface area contributed by atoms with Crippen molar-refractivity contribution >= 4 is 11.6 Å². The highest BCUT2D eigenvalue weighted by molar-refractivity contribution is 6.09. The molecule has 3 aromatic rings. The summed E-state index contributed by atoms with van der Waals surface area (Å²) in [6, 6.07) is 19.3. The first-order chi connectivity index (χ1) is 14.3. The van der Waals surface area contributed by atoms with Crippen molar-refractivity contribution in [1.82, 2.24) is 5.32 Å². The summed E-state index contributed by atoms with van der Waals surface area (Å²) in [7, 11) is 0. The van der Waals surface area contributed by atoms with Gasteiger partial charge >= 0.3 is 0 Å². The Balaban J connectivity index is 1.63. The zero-order valence-corrected chi connectivity index (χ0v) is 15.9. The van der Waals surface area contributed by atoms with Crippen molar-refractivity contribution in [1.29, 1.82) is 0 Å². The number of ether oxygens (including phenoxy) is 1. The number of fused-ring (bicyclic) bond motifs is 12. The maximum Gasteiger partial charge on any atom is 0.252 e. The van der Waals surface area contributed by atoms with Gasteiger partial charge in [0.2, 0.25) is 0 Å². The molecule has 0 saturated carbocycles. The summed E-state index contributed by atoms with van der Waals surface area (Å²) < 4.78 is 6.52. The number of carbonyl (C=O) groups is 1. The Bertz CT molecular complexity index is 1220. The molecule has 3 unspecified atom stereocenters. The zero-order valence-electron chi connectivity index (χ0n) is 15.9. The van der Waals surface area contributed by atoms with E-state index in [1.54, 1.807) is 0 Å². The van der Waals surface area contributed by atoms with E-state index < -0.39 is 0 Å². The summed E-state index contributed by atoms with van der Waals surface area (Å²) in [6.07, 6.45) is 2.14. The van der Waals surface area contributed by atoms with Crippen molar-refractivity contribution < 1.29 is 9.53 Å². The first kappa shape index (κ1) is 15.8. The number of benzene rings is 3. The minimum absolute atomic E-state index is 0.0224. The molecule has 142 valence electrons. The summed E-state index contributed by atoms with van der Waals surface area (Å²) in [4.78, 5) is 13.0. The molecular formula is C25H20N2O2. The molecule has 4 bridgehead atoms. The van der Waals surface area contributed by atoms with Gasteiger partial charge in [-0.05, 0) is 58.4 Å². The lowest BCUT2D eigenvalue weighted by Gasteiger charge is -2.26. The topological polar surface area (TPSA) is 50.4 Å². The van der Waals surface area contributed by atoms with Crippen LogP contribution < -0.4 is 10.6 Å². The SMILES string of the molecule is O=C1NCc2c3cc4c(c21)-c1ccccc1C4C1CCC(Nc2ccccc2-3)O1. The number of nitrogens with one attached hydrogen (secondary N) is 2. The average molecular weight is 380 g/mol.